The number of nitrogens with one attached hydrogen (secondary N) is 1. The number of hydrogen-bond donors (Lipinski definition) is 2. The third kappa shape index (κ3) is 3.28. The molecule has 1 aromatic carbocycles. The van der Waals surface area contributed by atoms with Crippen LogP contribution in [0.25, 0.3) is 0 Å². The van der Waals surface area contributed by atoms with Crippen molar-refractivity contribution in [3.05, 3.63) is 31.9 Å². The highest BCUT2D eigenvalue weighted by Crippen LogP contribution is 2.46. The molecule has 0 unspecified atom stereocenters. The minimum absolute atomic E-state index is 0.161. The van der Waals surface area contributed by atoms with E-state index in [2.05, 4.69) is 5.43 Å². The first-order valence-corrected chi connectivity index (χ1v) is 5.23. The normalized spacial score (nSPS) is 11.5. The summed E-state index contributed by atoms with van der Waals surface area (Å²) in [5.74, 6) is 0. The van der Waals surface area contributed by atoms with Gasteiger partial charge in [-0.15, -0.1) is 0 Å². The first kappa shape index (κ1) is 16.4. The number of nitrogen functional groups attached to an aromatic ring is 1. The fourth-order valence-corrected chi connectivity index (χ4v) is 1.57. The molecule has 3 N–H and O–H groups in total. The molecule has 0 spiro atoms. The number of halogens is 3. The predicted octanol–water partition coefficient (Wildman–Crippen LogP) is 1.99. The number of anilines is 2. The smallest absolute Gasteiger partial charge is 0.393 e. The largest absolute Gasteiger partial charge is 0.418 e. The summed E-state index contributed by atoms with van der Waals surface area (Å²) in [6, 6.07) is 0.161. The number of nitro groups is 2. The third-order valence-electron chi connectivity index (χ3n) is 2.34. The van der Waals surface area contributed by atoms with E-state index in [4.69, 9.17) is 5.73 Å². The Bertz CT molecular complexity index is 602. The SMILES string of the molecule is CN(C)Nc1c([N+](=O)[O-])cc(C(F)(F)F)c(N)c1[N+](=O)[O-]. The van der Waals surface area contributed by atoms with Crippen LogP contribution in [0.15, 0.2) is 6.07 Å². The van der Waals surface area contributed by atoms with Gasteiger partial charge in [-0.05, 0) is 0 Å². The fourth-order valence-electron chi connectivity index (χ4n) is 1.57. The van der Waals surface area contributed by atoms with Crippen LogP contribution in [0.1, 0.15) is 5.56 Å². The van der Waals surface area contributed by atoms with Gasteiger partial charge in [-0.1, -0.05) is 0 Å². The van der Waals surface area contributed by atoms with Gasteiger partial charge in [-0.25, -0.2) is 5.01 Å². The molecule has 9 nitrogen and oxygen atoms in total. The van der Waals surface area contributed by atoms with Gasteiger partial charge in [-0.2, -0.15) is 13.2 Å². The van der Waals surface area contributed by atoms with Crippen molar-refractivity contribution in [2.45, 2.75) is 6.18 Å². The Morgan fingerprint density at radius 3 is 2.10 bits per heavy atom. The molecular weight excluding hydrogens is 299 g/mol. The van der Waals surface area contributed by atoms with Crippen molar-refractivity contribution in [3.63, 3.8) is 0 Å². The van der Waals surface area contributed by atoms with E-state index >= 15 is 0 Å². The van der Waals surface area contributed by atoms with Crippen molar-refractivity contribution >= 4 is 22.7 Å². The van der Waals surface area contributed by atoms with E-state index in [0.717, 1.165) is 5.01 Å². The lowest BCUT2D eigenvalue weighted by atomic mass is 10.1. The van der Waals surface area contributed by atoms with Gasteiger partial charge in [0.2, 0.25) is 5.69 Å². The summed E-state index contributed by atoms with van der Waals surface area (Å²) in [7, 11) is 2.70. The minimum Gasteiger partial charge on any atom is -0.393 e. The van der Waals surface area contributed by atoms with Gasteiger partial charge in [0.05, 0.1) is 15.4 Å². The van der Waals surface area contributed by atoms with Gasteiger partial charge in [0.15, 0.2) is 0 Å². The van der Waals surface area contributed by atoms with Gasteiger partial charge in [0, 0.05) is 20.2 Å². The standard InChI is InChI=1S/C9H10F3N5O4/c1-15(2)14-7-5(16(18)19)3-4(9(10,11)12)6(13)8(7)17(20)21/h3,14H,13H2,1-2H3. The van der Waals surface area contributed by atoms with E-state index in [9.17, 15) is 33.4 Å². The zero-order chi connectivity index (χ0) is 16.5. The summed E-state index contributed by atoms with van der Waals surface area (Å²) in [4.78, 5) is 19.5. The van der Waals surface area contributed by atoms with Gasteiger partial charge >= 0.3 is 17.6 Å². The highest BCUT2D eigenvalue weighted by Gasteiger charge is 2.41. The average molecular weight is 309 g/mol. The molecular formula is C9H10F3N5O4. The second-order valence-corrected chi connectivity index (χ2v) is 4.10. The van der Waals surface area contributed by atoms with Crippen LogP contribution in [0.4, 0.5) is 35.9 Å². The van der Waals surface area contributed by atoms with Crippen LogP contribution in [0.3, 0.4) is 0 Å². The minimum atomic E-state index is -5.06. The fraction of sp³-hybridized carbons (Fsp3) is 0.333. The number of alkyl halides is 3. The van der Waals surface area contributed by atoms with Crippen LogP contribution >= 0.6 is 0 Å². The van der Waals surface area contributed by atoms with E-state index in [0.29, 0.717) is 0 Å². The molecule has 1 aromatic rings. The number of nitrogens with two attached hydrogens (primary N) is 1. The van der Waals surface area contributed by atoms with Crippen molar-refractivity contribution < 1.29 is 23.0 Å². The Morgan fingerprint density at radius 2 is 1.76 bits per heavy atom. The highest BCUT2D eigenvalue weighted by molar-refractivity contribution is 5.85. The molecule has 0 aliphatic heterocycles. The summed E-state index contributed by atoms with van der Waals surface area (Å²) in [5.41, 5.74) is 1.55. The molecule has 0 amide bonds. The van der Waals surface area contributed by atoms with E-state index < -0.39 is 44.3 Å². The summed E-state index contributed by atoms with van der Waals surface area (Å²) >= 11 is 0. The lowest BCUT2D eigenvalue weighted by Gasteiger charge is -2.17. The van der Waals surface area contributed by atoms with Crippen molar-refractivity contribution in [3.8, 4) is 0 Å². The second kappa shape index (κ2) is 5.40. The lowest BCUT2D eigenvalue weighted by molar-refractivity contribution is -0.392. The second-order valence-electron chi connectivity index (χ2n) is 4.10. The Kier molecular flexibility index (Phi) is 4.22. The van der Waals surface area contributed by atoms with Gasteiger partial charge in [-0.3, -0.25) is 20.2 Å². The van der Waals surface area contributed by atoms with Crippen molar-refractivity contribution in [1.29, 1.82) is 0 Å². The first-order valence-electron chi connectivity index (χ1n) is 5.23. The zero-order valence-corrected chi connectivity index (χ0v) is 10.8. The van der Waals surface area contributed by atoms with Gasteiger partial charge in [0.1, 0.15) is 5.69 Å². The molecule has 0 bridgehead atoms. The number of nitrogens with zero attached hydrogens (tertiary/aromatic N) is 3. The third-order valence-corrected chi connectivity index (χ3v) is 2.34. The van der Waals surface area contributed by atoms with E-state index in [-0.39, 0.29) is 6.07 Å². The van der Waals surface area contributed by atoms with Crippen molar-refractivity contribution in [2.75, 3.05) is 25.3 Å². The Balaban J connectivity index is 3.81. The van der Waals surface area contributed by atoms with Crippen LogP contribution in [0, 0.1) is 20.2 Å². The zero-order valence-electron chi connectivity index (χ0n) is 10.8. The van der Waals surface area contributed by atoms with E-state index in [1.807, 2.05) is 0 Å². The number of benzene rings is 1. The number of hydrogen-bond acceptors (Lipinski definition) is 7. The molecule has 12 heteroatoms. The number of rotatable bonds is 4. The van der Waals surface area contributed by atoms with Crippen LogP contribution in [-0.4, -0.2) is 29.0 Å². The van der Waals surface area contributed by atoms with Crippen LogP contribution < -0.4 is 11.2 Å². The monoisotopic (exact) mass is 309 g/mol. The van der Waals surface area contributed by atoms with Crippen LogP contribution in [-0.2, 0) is 6.18 Å². The summed E-state index contributed by atoms with van der Waals surface area (Å²) in [5, 5.41) is 22.9. The molecule has 0 atom stereocenters. The topological polar surface area (TPSA) is 128 Å². The maximum absolute atomic E-state index is 12.8. The molecule has 116 valence electrons. The molecule has 0 aliphatic carbocycles. The molecule has 0 fully saturated rings. The van der Waals surface area contributed by atoms with Gasteiger partial charge in [0.25, 0.3) is 0 Å². The molecule has 0 saturated carbocycles. The molecule has 0 saturated heterocycles. The Hall–Kier alpha value is -2.63. The van der Waals surface area contributed by atoms with Crippen LogP contribution in [0.2, 0.25) is 0 Å². The maximum Gasteiger partial charge on any atom is 0.418 e. The van der Waals surface area contributed by atoms with Crippen LogP contribution in [0.5, 0.6) is 0 Å². The maximum atomic E-state index is 12.8. The molecule has 21 heavy (non-hydrogen) atoms. The van der Waals surface area contributed by atoms with Crippen molar-refractivity contribution in [2.24, 2.45) is 0 Å². The Labute approximate surface area is 115 Å². The molecule has 0 heterocycles. The number of hydrazine groups is 1. The summed E-state index contributed by atoms with van der Waals surface area (Å²) in [6.07, 6.45) is -5.06. The average Bonchev–Trinajstić information content (AvgIpc) is 2.25. The first-order chi connectivity index (χ1) is 9.46. The molecule has 1 rings (SSSR count). The van der Waals surface area contributed by atoms with E-state index in [1.165, 1.54) is 14.1 Å². The molecule has 0 aliphatic rings. The predicted molar refractivity (Wildman–Crippen MR) is 66.5 cm³/mol. The van der Waals surface area contributed by atoms with Crippen molar-refractivity contribution in [1.82, 2.24) is 5.01 Å². The molecule has 0 radical (unpaired) electrons. The van der Waals surface area contributed by atoms with Gasteiger partial charge < -0.3 is 11.2 Å². The molecule has 0 aromatic heterocycles. The summed E-state index contributed by atoms with van der Waals surface area (Å²) in [6.45, 7) is 0. The Morgan fingerprint density at radius 1 is 1.24 bits per heavy atom. The van der Waals surface area contributed by atoms with E-state index in [1.54, 1.807) is 0 Å². The summed E-state index contributed by atoms with van der Waals surface area (Å²) < 4.78 is 38.3. The number of nitro benzene ring substituents is 2. The lowest BCUT2D eigenvalue weighted by Crippen LogP contribution is -2.22. The quantitative estimate of drug-likeness (QED) is 0.494. The highest BCUT2D eigenvalue weighted by atomic mass is 19.4.